The molecule has 2 aromatic rings. The molecule has 4 heteroatoms. The second-order valence-corrected chi connectivity index (χ2v) is 4.70. The second-order valence-electron chi connectivity index (χ2n) is 4.70. The molecule has 0 aliphatic carbocycles. The van der Waals surface area contributed by atoms with Gasteiger partial charge in [0, 0.05) is 6.54 Å². The van der Waals surface area contributed by atoms with Crippen molar-refractivity contribution in [2.75, 3.05) is 20.2 Å². The Labute approximate surface area is 119 Å². The van der Waals surface area contributed by atoms with Gasteiger partial charge in [-0.15, -0.1) is 0 Å². The molecule has 4 nitrogen and oxygen atoms in total. The molecule has 20 heavy (non-hydrogen) atoms. The summed E-state index contributed by atoms with van der Waals surface area (Å²) in [5.41, 5.74) is 0.863. The maximum Gasteiger partial charge on any atom is 0.119 e. The molecule has 0 bridgehead atoms. The number of aliphatic hydroxyl groups excluding tert-OH is 1. The number of hydrogen-bond donors (Lipinski definition) is 1. The van der Waals surface area contributed by atoms with Crippen molar-refractivity contribution in [3.05, 3.63) is 54.0 Å². The predicted octanol–water partition coefficient (Wildman–Crippen LogP) is 2.84. The van der Waals surface area contributed by atoms with Crippen molar-refractivity contribution in [3.8, 4) is 5.75 Å². The maximum atomic E-state index is 10.3. The van der Waals surface area contributed by atoms with Crippen LogP contribution in [-0.2, 0) is 6.54 Å². The molecule has 1 unspecified atom stereocenters. The summed E-state index contributed by atoms with van der Waals surface area (Å²) >= 11 is 0. The lowest BCUT2D eigenvalue weighted by atomic mass is 10.1. The van der Waals surface area contributed by atoms with E-state index >= 15 is 0 Å². The summed E-state index contributed by atoms with van der Waals surface area (Å²) in [6.07, 6.45) is 1.13. The molecule has 2 rings (SSSR count). The highest BCUT2D eigenvalue weighted by molar-refractivity contribution is 5.29. The summed E-state index contributed by atoms with van der Waals surface area (Å²) in [6.45, 7) is 4.18. The van der Waals surface area contributed by atoms with E-state index in [1.807, 2.05) is 36.4 Å². The summed E-state index contributed by atoms with van der Waals surface area (Å²) in [5, 5.41) is 10.3. The van der Waals surface area contributed by atoms with Crippen LogP contribution in [0.1, 0.15) is 24.4 Å². The molecule has 1 aromatic carbocycles. The number of hydrogen-bond acceptors (Lipinski definition) is 4. The van der Waals surface area contributed by atoms with E-state index in [2.05, 4.69) is 11.8 Å². The highest BCUT2D eigenvalue weighted by atomic mass is 16.5. The molecule has 1 heterocycles. The van der Waals surface area contributed by atoms with Gasteiger partial charge in [-0.3, -0.25) is 4.90 Å². The van der Waals surface area contributed by atoms with Crippen molar-refractivity contribution in [2.45, 2.75) is 19.6 Å². The highest BCUT2D eigenvalue weighted by Crippen LogP contribution is 2.20. The Morgan fingerprint density at radius 2 is 2.15 bits per heavy atom. The van der Waals surface area contributed by atoms with Crippen LogP contribution in [0.2, 0.25) is 0 Å². The smallest absolute Gasteiger partial charge is 0.119 e. The van der Waals surface area contributed by atoms with Crippen LogP contribution in [0.3, 0.4) is 0 Å². The van der Waals surface area contributed by atoms with E-state index in [1.54, 1.807) is 13.4 Å². The number of aliphatic hydroxyl groups is 1. The number of rotatable bonds is 7. The summed E-state index contributed by atoms with van der Waals surface area (Å²) in [5.74, 6) is 1.67. The van der Waals surface area contributed by atoms with Crippen LogP contribution in [0.15, 0.2) is 47.1 Å². The zero-order valence-electron chi connectivity index (χ0n) is 12.0. The van der Waals surface area contributed by atoms with Crippen molar-refractivity contribution >= 4 is 0 Å². The van der Waals surface area contributed by atoms with Gasteiger partial charge >= 0.3 is 0 Å². The zero-order valence-corrected chi connectivity index (χ0v) is 12.0. The minimum Gasteiger partial charge on any atom is -0.497 e. The Kier molecular flexibility index (Phi) is 5.21. The van der Waals surface area contributed by atoms with Gasteiger partial charge in [0.2, 0.25) is 0 Å². The van der Waals surface area contributed by atoms with E-state index in [1.165, 1.54) is 0 Å². The Morgan fingerprint density at radius 1 is 1.30 bits per heavy atom. The number of benzene rings is 1. The van der Waals surface area contributed by atoms with Gasteiger partial charge in [-0.25, -0.2) is 0 Å². The lowest BCUT2D eigenvalue weighted by Gasteiger charge is -2.23. The first-order valence-corrected chi connectivity index (χ1v) is 6.79. The molecule has 0 saturated heterocycles. The molecule has 1 N–H and O–H groups in total. The molecule has 0 fully saturated rings. The van der Waals surface area contributed by atoms with Crippen molar-refractivity contribution in [1.29, 1.82) is 0 Å². The summed E-state index contributed by atoms with van der Waals surface area (Å²) in [7, 11) is 1.63. The molecule has 0 saturated carbocycles. The monoisotopic (exact) mass is 275 g/mol. The SMILES string of the molecule is CCN(Cc1ccco1)CC(O)c1cccc(OC)c1. The topological polar surface area (TPSA) is 45.8 Å². The third-order valence-electron chi connectivity index (χ3n) is 3.32. The van der Waals surface area contributed by atoms with Crippen LogP contribution in [-0.4, -0.2) is 30.2 Å². The van der Waals surface area contributed by atoms with Gasteiger partial charge in [-0.1, -0.05) is 19.1 Å². The first-order valence-electron chi connectivity index (χ1n) is 6.79. The number of ether oxygens (including phenoxy) is 1. The number of nitrogens with zero attached hydrogens (tertiary/aromatic N) is 1. The molecular weight excluding hydrogens is 254 g/mol. The van der Waals surface area contributed by atoms with Crippen LogP contribution >= 0.6 is 0 Å². The van der Waals surface area contributed by atoms with E-state index in [9.17, 15) is 5.11 Å². The maximum absolute atomic E-state index is 10.3. The average Bonchev–Trinajstić information content (AvgIpc) is 2.99. The first-order chi connectivity index (χ1) is 9.72. The molecular formula is C16H21NO3. The highest BCUT2D eigenvalue weighted by Gasteiger charge is 2.14. The van der Waals surface area contributed by atoms with Gasteiger partial charge in [0.05, 0.1) is 26.0 Å². The van der Waals surface area contributed by atoms with E-state index in [-0.39, 0.29) is 0 Å². The molecule has 1 aromatic heterocycles. The molecule has 0 spiro atoms. The van der Waals surface area contributed by atoms with E-state index in [4.69, 9.17) is 9.15 Å². The van der Waals surface area contributed by atoms with Gasteiger partial charge in [0.25, 0.3) is 0 Å². The third kappa shape index (κ3) is 3.85. The molecule has 0 amide bonds. The number of furan rings is 1. The average molecular weight is 275 g/mol. The lowest BCUT2D eigenvalue weighted by Crippen LogP contribution is -2.28. The van der Waals surface area contributed by atoms with Crippen LogP contribution in [0.5, 0.6) is 5.75 Å². The van der Waals surface area contributed by atoms with E-state index < -0.39 is 6.10 Å². The van der Waals surface area contributed by atoms with Crippen molar-refractivity contribution in [1.82, 2.24) is 4.90 Å². The number of likely N-dealkylation sites (N-methyl/N-ethyl adjacent to an activating group) is 1. The first kappa shape index (κ1) is 14.6. The fourth-order valence-electron chi connectivity index (χ4n) is 2.13. The Bertz CT molecular complexity index is 510. The van der Waals surface area contributed by atoms with Crippen molar-refractivity contribution in [2.24, 2.45) is 0 Å². The molecule has 108 valence electrons. The largest absolute Gasteiger partial charge is 0.497 e. The minimum atomic E-state index is -0.542. The molecule has 0 aliphatic heterocycles. The predicted molar refractivity (Wildman–Crippen MR) is 77.6 cm³/mol. The van der Waals surface area contributed by atoms with Gasteiger partial charge in [0.1, 0.15) is 11.5 Å². The van der Waals surface area contributed by atoms with E-state index in [0.717, 1.165) is 23.6 Å². The summed E-state index contributed by atoms with van der Waals surface area (Å²) in [4.78, 5) is 2.14. The summed E-state index contributed by atoms with van der Waals surface area (Å²) < 4.78 is 10.5. The van der Waals surface area contributed by atoms with Crippen LogP contribution in [0.4, 0.5) is 0 Å². The molecule has 0 radical (unpaired) electrons. The van der Waals surface area contributed by atoms with Crippen molar-refractivity contribution < 1.29 is 14.3 Å². The second kappa shape index (κ2) is 7.12. The Hall–Kier alpha value is -1.78. The molecule has 0 aliphatic rings. The van der Waals surface area contributed by atoms with Crippen LogP contribution in [0, 0.1) is 0 Å². The standard InChI is InChI=1S/C16H21NO3/c1-3-17(11-15-8-5-9-20-15)12-16(18)13-6-4-7-14(10-13)19-2/h4-10,16,18H,3,11-12H2,1-2H3. The van der Waals surface area contributed by atoms with Crippen LogP contribution in [0.25, 0.3) is 0 Å². The van der Waals surface area contributed by atoms with Gasteiger partial charge in [0.15, 0.2) is 0 Å². The fourth-order valence-corrected chi connectivity index (χ4v) is 2.13. The minimum absolute atomic E-state index is 0.542. The summed E-state index contributed by atoms with van der Waals surface area (Å²) in [6, 6.07) is 11.4. The quantitative estimate of drug-likeness (QED) is 0.844. The molecule has 1 atom stereocenters. The Morgan fingerprint density at radius 3 is 2.80 bits per heavy atom. The van der Waals surface area contributed by atoms with Crippen LogP contribution < -0.4 is 4.74 Å². The van der Waals surface area contributed by atoms with Gasteiger partial charge in [-0.2, -0.15) is 0 Å². The zero-order chi connectivity index (χ0) is 14.4. The van der Waals surface area contributed by atoms with Gasteiger partial charge < -0.3 is 14.3 Å². The van der Waals surface area contributed by atoms with E-state index in [0.29, 0.717) is 13.1 Å². The lowest BCUT2D eigenvalue weighted by molar-refractivity contribution is 0.108. The number of methoxy groups -OCH3 is 1. The fraction of sp³-hybridized carbons (Fsp3) is 0.375. The van der Waals surface area contributed by atoms with Gasteiger partial charge in [-0.05, 0) is 36.4 Å². The Balaban J connectivity index is 1.99. The third-order valence-corrected chi connectivity index (χ3v) is 3.32. The van der Waals surface area contributed by atoms with Crippen molar-refractivity contribution in [3.63, 3.8) is 0 Å². The normalized spacial score (nSPS) is 12.6.